The Hall–Kier alpha value is -2.79. The van der Waals surface area contributed by atoms with Gasteiger partial charge in [0.15, 0.2) is 5.96 Å². The molecule has 3 aromatic rings. The second kappa shape index (κ2) is 9.95. The van der Waals surface area contributed by atoms with Crippen LogP contribution in [0.4, 0.5) is 0 Å². The Morgan fingerprint density at radius 1 is 1.04 bits per heavy atom. The Morgan fingerprint density at radius 2 is 1.79 bits per heavy atom. The van der Waals surface area contributed by atoms with Gasteiger partial charge in [0.05, 0.1) is 0 Å². The Labute approximate surface area is 167 Å². The molecule has 1 atom stereocenters. The molecule has 0 aliphatic carbocycles. The number of aromatic amines is 1. The molecule has 0 saturated carbocycles. The van der Waals surface area contributed by atoms with E-state index in [4.69, 9.17) is 0 Å². The molecule has 1 unspecified atom stereocenters. The highest BCUT2D eigenvalue weighted by molar-refractivity contribution is 5.83. The van der Waals surface area contributed by atoms with Crippen molar-refractivity contribution in [3.63, 3.8) is 0 Å². The van der Waals surface area contributed by atoms with Crippen molar-refractivity contribution in [1.29, 1.82) is 0 Å². The lowest BCUT2D eigenvalue weighted by molar-refractivity contribution is 0.290. The summed E-state index contributed by atoms with van der Waals surface area (Å²) in [6.07, 6.45) is 4.06. The van der Waals surface area contributed by atoms with Gasteiger partial charge in [-0.2, -0.15) is 0 Å². The minimum Gasteiger partial charge on any atom is -0.361 e. The summed E-state index contributed by atoms with van der Waals surface area (Å²) in [6.45, 7) is 1.68. The molecule has 0 bridgehead atoms. The molecule has 0 radical (unpaired) electrons. The second-order valence-electron chi connectivity index (χ2n) is 7.30. The summed E-state index contributed by atoms with van der Waals surface area (Å²) in [5, 5.41) is 8.21. The Morgan fingerprint density at radius 3 is 2.54 bits per heavy atom. The van der Waals surface area contributed by atoms with Gasteiger partial charge >= 0.3 is 0 Å². The van der Waals surface area contributed by atoms with Gasteiger partial charge in [0.1, 0.15) is 0 Å². The van der Waals surface area contributed by atoms with Gasteiger partial charge in [-0.3, -0.25) is 4.99 Å². The van der Waals surface area contributed by atoms with E-state index in [0.29, 0.717) is 6.04 Å². The number of aliphatic imine (C=N–C) groups is 1. The predicted molar refractivity (Wildman–Crippen MR) is 119 cm³/mol. The molecule has 0 spiro atoms. The van der Waals surface area contributed by atoms with Crippen molar-refractivity contribution in [2.75, 3.05) is 34.2 Å². The first kappa shape index (κ1) is 20.0. The zero-order chi connectivity index (χ0) is 19.8. The molecule has 0 aliphatic rings. The maximum absolute atomic E-state index is 4.38. The smallest absolute Gasteiger partial charge is 0.191 e. The maximum atomic E-state index is 4.38. The van der Waals surface area contributed by atoms with Gasteiger partial charge in [-0.1, -0.05) is 48.5 Å². The molecular formula is C23H31N5. The molecule has 3 rings (SSSR count). The monoisotopic (exact) mass is 377 g/mol. The molecule has 0 amide bonds. The first-order valence-electron chi connectivity index (χ1n) is 9.87. The highest BCUT2D eigenvalue weighted by atomic mass is 15.2. The number of likely N-dealkylation sites (N-methyl/N-ethyl adjacent to an activating group) is 1. The summed E-state index contributed by atoms with van der Waals surface area (Å²) >= 11 is 0. The molecule has 3 N–H and O–H groups in total. The van der Waals surface area contributed by atoms with Gasteiger partial charge in [-0.15, -0.1) is 0 Å². The van der Waals surface area contributed by atoms with E-state index in [0.717, 1.165) is 31.9 Å². The Bertz CT molecular complexity index is 882. The molecule has 1 heterocycles. The van der Waals surface area contributed by atoms with Gasteiger partial charge in [0.2, 0.25) is 0 Å². The highest BCUT2D eigenvalue weighted by Crippen LogP contribution is 2.17. The fourth-order valence-electron chi connectivity index (χ4n) is 3.41. The summed E-state index contributed by atoms with van der Waals surface area (Å²) in [7, 11) is 6.08. The fourth-order valence-corrected chi connectivity index (χ4v) is 3.41. The van der Waals surface area contributed by atoms with Crippen LogP contribution in [0.15, 0.2) is 65.8 Å². The quantitative estimate of drug-likeness (QED) is 0.418. The molecule has 148 valence electrons. The lowest BCUT2D eigenvalue weighted by Gasteiger charge is -2.25. The molecule has 28 heavy (non-hydrogen) atoms. The molecular weight excluding hydrogens is 346 g/mol. The Balaban J connectivity index is 1.49. The van der Waals surface area contributed by atoms with Gasteiger partial charge in [0.25, 0.3) is 0 Å². The molecule has 1 aromatic heterocycles. The van der Waals surface area contributed by atoms with E-state index in [2.05, 4.69) is 100 Å². The highest BCUT2D eigenvalue weighted by Gasteiger charge is 2.13. The number of fused-ring (bicyclic) bond motifs is 1. The minimum absolute atomic E-state index is 0.398. The van der Waals surface area contributed by atoms with Crippen LogP contribution in [0.1, 0.15) is 11.1 Å². The van der Waals surface area contributed by atoms with E-state index in [-0.39, 0.29) is 0 Å². The van der Waals surface area contributed by atoms with E-state index in [1.807, 2.05) is 7.05 Å². The zero-order valence-corrected chi connectivity index (χ0v) is 17.1. The molecule has 5 nitrogen and oxygen atoms in total. The maximum Gasteiger partial charge on any atom is 0.191 e. The van der Waals surface area contributed by atoms with Crippen LogP contribution >= 0.6 is 0 Å². The van der Waals surface area contributed by atoms with Crippen molar-refractivity contribution >= 4 is 16.9 Å². The van der Waals surface area contributed by atoms with Crippen LogP contribution in [0.5, 0.6) is 0 Å². The second-order valence-corrected chi connectivity index (χ2v) is 7.30. The number of aromatic nitrogens is 1. The molecule has 0 fully saturated rings. The first-order chi connectivity index (χ1) is 13.7. The van der Waals surface area contributed by atoms with Crippen molar-refractivity contribution < 1.29 is 0 Å². The van der Waals surface area contributed by atoms with Crippen LogP contribution in [0.2, 0.25) is 0 Å². The molecule has 0 saturated heterocycles. The summed E-state index contributed by atoms with van der Waals surface area (Å²) in [5.74, 6) is 0.847. The van der Waals surface area contributed by atoms with Crippen LogP contribution in [0, 0.1) is 0 Å². The SMILES string of the molecule is CN=C(NCCc1c[nH]c2ccccc12)NCC(Cc1ccccc1)N(C)C. The standard InChI is InChI=1S/C23H31N5/c1-24-23(25-14-13-19-16-26-22-12-8-7-11-21(19)22)27-17-20(28(2)3)15-18-9-5-4-6-10-18/h4-12,16,20,26H,13-15,17H2,1-3H3,(H2,24,25,27). The minimum atomic E-state index is 0.398. The number of benzene rings is 2. The number of H-pyrrole nitrogens is 1. The molecule has 0 aliphatic heterocycles. The number of rotatable bonds is 8. The van der Waals surface area contributed by atoms with Gasteiger partial charge in [-0.25, -0.2) is 0 Å². The zero-order valence-electron chi connectivity index (χ0n) is 17.1. The van der Waals surface area contributed by atoms with Crippen LogP contribution in [-0.2, 0) is 12.8 Å². The van der Waals surface area contributed by atoms with Crippen molar-refractivity contribution in [2.45, 2.75) is 18.9 Å². The molecule has 5 heteroatoms. The lowest BCUT2D eigenvalue weighted by atomic mass is 10.1. The van der Waals surface area contributed by atoms with E-state index in [1.54, 1.807) is 0 Å². The van der Waals surface area contributed by atoms with Crippen molar-refractivity contribution in [2.24, 2.45) is 4.99 Å². The van der Waals surface area contributed by atoms with Gasteiger partial charge in [0, 0.05) is 43.3 Å². The van der Waals surface area contributed by atoms with Crippen molar-refractivity contribution in [3.05, 3.63) is 71.9 Å². The fraction of sp³-hybridized carbons (Fsp3) is 0.348. The van der Waals surface area contributed by atoms with Crippen LogP contribution < -0.4 is 10.6 Å². The normalized spacial score (nSPS) is 13.1. The predicted octanol–water partition coefficient (Wildman–Crippen LogP) is 3.05. The lowest BCUT2D eigenvalue weighted by Crippen LogP contribution is -2.46. The number of para-hydroxylation sites is 1. The third-order valence-electron chi connectivity index (χ3n) is 5.13. The van der Waals surface area contributed by atoms with Crippen molar-refractivity contribution in [3.8, 4) is 0 Å². The number of nitrogens with one attached hydrogen (secondary N) is 3. The Kier molecular flexibility index (Phi) is 7.09. The summed E-state index contributed by atoms with van der Waals surface area (Å²) in [4.78, 5) is 9.98. The topological polar surface area (TPSA) is 55.5 Å². The van der Waals surface area contributed by atoms with Crippen LogP contribution in [0.3, 0.4) is 0 Å². The summed E-state index contributed by atoms with van der Waals surface area (Å²) in [5.41, 5.74) is 3.87. The summed E-state index contributed by atoms with van der Waals surface area (Å²) < 4.78 is 0. The van der Waals surface area contributed by atoms with Gasteiger partial charge < -0.3 is 20.5 Å². The van der Waals surface area contributed by atoms with E-state index in [1.165, 1.54) is 22.0 Å². The van der Waals surface area contributed by atoms with E-state index >= 15 is 0 Å². The number of hydrogen-bond acceptors (Lipinski definition) is 2. The molecule has 2 aromatic carbocycles. The third-order valence-corrected chi connectivity index (χ3v) is 5.13. The average Bonchev–Trinajstić information content (AvgIpc) is 3.13. The number of guanidine groups is 1. The average molecular weight is 378 g/mol. The van der Waals surface area contributed by atoms with Gasteiger partial charge in [-0.05, 0) is 44.1 Å². The first-order valence-corrected chi connectivity index (χ1v) is 9.87. The number of hydrogen-bond donors (Lipinski definition) is 3. The largest absolute Gasteiger partial charge is 0.361 e. The van der Waals surface area contributed by atoms with Crippen LogP contribution in [-0.4, -0.2) is 56.1 Å². The third kappa shape index (κ3) is 5.36. The van der Waals surface area contributed by atoms with Crippen molar-refractivity contribution in [1.82, 2.24) is 20.5 Å². The van der Waals surface area contributed by atoms with E-state index < -0.39 is 0 Å². The summed E-state index contributed by atoms with van der Waals surface area (Å²) in [6, 6.07) is 19.4. The number of nitrogens with zero attached hydrogens (tertiary/aromatic N) is 2. The van der Waals surface area contributed by atoms with Crippen LogP contribution in [0.25, 0.3) is 10.9 Å². The van der Waals surface area contributed by atoms with E-state index in [9.17, 15) is 0 Å².